The fourth-order valence-electron chi connectivity index (χ4n) is 1.12. The van der Waals surface area contributed by atoms with E-state index in [1.54, 1.807) is 32.9 Å². The van der Waals surface area contributed by atoms with Crippen LogP contribution in [0.5, 0.6) is 0 Å². The predicted octanol–water partition coefficient (Wildman–Crippen LogP) is 3.02. The molecule has 3 nitrogen and oxygen atoms in total. The molecule has 0 saturated carbocycles. The minimum Gasteiger partial charge on any atom is -0.443 e. The van der Waals surface area contributed by atoms with Crippen LogP contribution in [0.15, 0.2) is 30.3 Å². The van der Waals surface area contributed by atoms with Crippen LogP contribution in [0.2, 0.25) is 0 Å². The minimum atomic E-state index is -0.555. The van der Waals surface area contributed by atoms with E-state index in [1.165, 1.54) is 0 Å². The van der Waals surface area contributed by atoms with Crippen LogP contribution in [0, 0.1) is 12.5 Å². The second kappa shape index (κ2) is 4.71. The van der Waals surface area contributed by atoms with Gasteiger partial charge >= 0.3 is 6.09 Å². The lowest BCUT2D eigenvalue weighted by Crippen LogP contribution is -2.33. The first-order valence-electron chi connectivity index (χ1n) is 4.98. The molecular weight excluding hydrogens is 202 g/mol. The van der Waals surface area contributed by atoms with Gasteiger partial charge in [0.15, 0.2) is 0 Å². The summed E-state index contributed by atoms with van der Waals surface area (Å²) in [4.78, 5) is 12.9. The van der Waals surface area contributed by atoms with Gasteiger partial charge in [0.25, 0.3) is 0 Å². The fourth-order valence-corrected chi connectivity index (χ4v) is 1.12. The van der Waals surface area contributed by atoms with Crippen molar-refractivity contribution in [3.05, 3.63) is 30.3 Å². The zero-order valence-electron chi connectivity index (χ0n) is 9.73. The zero-order valence-corrected chi connectivity index (χ0v) is 9.73. The van der Waals surface area contributed by atoms with Gasteiger partial charge in [0.1, 0.15) is 5.60 Å². The summed E-state index contributed by atoms with van der Waals surface area (Å²) in [6.45, 7) is 5.39. The molecule has 3 heteroatoms. The molecule has 0 bridgehead atoms. The topological polar surface area (TPSA) is 29.5 Å². The van der Waals surface area contributed by atoms with Crippen LogP contribution < -0.4 is 4.90 Å². The molecule has 0 saturated heterocycles. The number of rotatable bonds is 1. The minimum absolute atomic E-state index is 0.541. The first-order chi connectivity index (χ1) is 7.44. The fraction of sp³-hybridized carbons (Fsp3) is 0.308. The van der Waals surface area contributed by atoms with Gasteiger partial charge in [0.05, 0.1) is 5.69 Å². The monoisotopic (exact) mass is 217 g/mol. The van der Waals surface area contributed by atoms with Crippen molar-refractivity contribution in [2.24, 2.45) is 0 Å². The van der Waals surface area contributed by atoms with Crippen LogP contribution in [0.25, 0.3) is 0 Å². The molecule has 1 rings (SSSR count). The van der Waals surface area contributed by atoms with Crippen LogP contribution >= 0.6 is 0 Å². The van der Waals surface area contributed by atoms with Gasteiger partial charge in [-0.1, -0.05) is 24.6 Å². The van der Waals surface area contributed by atoms with Crippen molar-refractivity contribution >= 4 is 11.8 Å². The smallest absolute Gasteiger partial charge is 0.426 e. The van der Waals surface area contributed by atoms with E-state index in [-0.39, 0.29) is 0 Å². The molecule has 1 aromatic carbocycles. The summed E-state index contributed by atoms with van der Waals surface area (Å²) in [6, 6.07) is 11.3. The van der Waals surface area contributed by atoms with Crippen LogP contribution in [-0.4, -0.2) is 11.7 Å². The van der Waals surface area contributed by atoms with E-state index in [1.807, 2.05) is 18.2 Å². The molecule has 0 aliphatic carbocycles. The molecular formula is C13H15NO2. The van der Waals surface area contributed by atoms with Gasteiger partial charge in [-0.3, -0.25) is 0 Å². The number of ether oxygens (including phenoxy) is 1. The number of terminal acetylenes is 1. The van der Waals surface area contributed by atoms with Crippen molar-refractivity contribution in [2.75, 3.05) is 4.90 Å². The Hall–Kier alpha value is -1.95. The van der Waals surface area contributed by atoms with Gasteiger partial charge < -0.3 is 4.74 Å². The van der Waals surface area contributed by atoms with E-state index in [0.29, 0.717) is 5.69 Å². The lowest BCUT2D eigenvalue weighted by Gasteiger charge is -2.23. The molecule has 0 spiro atoms. The Morgan fingerprint density at radius 3 is 2.31 bits per heavy atom. The zero-order chi connectivity index (χ0) is 12.2. The number of hydrogen-bond donors (Lipinski definition) is 0. The standard InChI is InChI=1S/C13H15NO2/c1-5-14(11-9-7-6-8-10-11)12(15)16-13(2,3)4/h1,6-10H,2-4H3. The van der Waals surface area contributed by atoms with Gasteiger partial charge in [0, 0.05) is 6.04 Å². The van der Waals surface area contributed by atoms with Crippen molar-refractivity contribution < 1.29 is 9.53 Å². The Bertz CT molecular complexity index is 398. The normalized spacial score (nSPS) is 10.4. The molecule has 16 heavy (non-hydrogen) atoms. The molecule has 1 aromatic rings. The third-order valence-corrected chi connectivity index (χ3v) is 1.72. The number of benzene rings is 1. The van der Waals surface area contributed by atoms with Crippen LogP contribution in [-0.2, 0) is 4.74 Å². The molecule has 0 aliphatic heterocycles. The number of anilines is 1. The molecule has 0 fully saturated rings. The van der Waals surface area contributed by atoms with Crippen LogP contribution in [0.3, 0.4) is 0 Å². The van der Waals surface area contributed by atoms with E-state index in [2.05, 4.69) is 6.04 Å². The SMILES string of the molecule is C#CN(C(=O)OC(C)(C)C)c1ccccc1. The average molecular weight is 217 g/mol. The van der Waals surface area contributed by atoms with Gasteiger partial charge in [-0.25, -0.2) is 9.69 Å². The Balaban J connectivity index is 2.85. The quantitative estimate of drug-likeness (QED) is 0.534. The molecule has 0 aromatic heterocycles. The Kier molecular flexibility index (Phi) is 3.57. The molecule has 0 radical (unpaired) electrons. The number of hydrogen-bond acceptors (Lipinski definition) is 2. The molecule has 0 atom stereocenters. The van der Waals surface area contributed by atoms with E-state index in [4.69, 9.17) is 11.2 Å². The van der Waals surface area contributed by atoms with E-state index in [9.17, 15) is 4.79 Å². The maximum Gasteiger partial charge on any atom is 0.426 e. The highest BCUT2D eigenvalue weighted by Gasteiger charge is 2.21. The van der Waals surface area contributed by atoms with Gasteiger partial charge in [-0.15, -0.1) is 0 Å². The highest BCUT2D eigenvalue weighted by molar-refractivity contribution is 5.91. The average Bonchev–Trinajstić information content (AvgIpc) is 2.17. The van der Waals surface area contributed by atoms with Gasteiger partial charge in [-0.2, -0.15) is 0 Å². The van der Waals surface area contributed by atoms with Gasteiger partial charge in [-0.05, 0) is 32.9 Å². The summed E-state index contributed by atoms with van der Waals surface area (Å²) in [5.74, 6) is 0. The highest BCUT2D eigenvalue weighted by atomic mass is 16.6. The van der Waals surface area contributed by atoms with Crippen LogP contribution in [0.4, 0.5) is 10.5 Å². The van der Waals surface area contributed by atoms with Crippen molar-refractivity contribution in [3.63, 3.8) is 0 Å². The van der Waals surface area contributed by atoms with Crippen molar-refractivity contribution in [3.8, 4) is 12.5 Å². The first-order valence-corrected chi connectivity index (χ1v) is 4.98. The number of carbonyl (C=O) groups excluding carboxylic acids is 1. The summed E-state index contributed by atoms with van der Waals surface area (Å²) in [7, 11) is 0. The lowest BCUT2D eigenvalue weighted by molar-refractivity contribution is 0.0600. The summed E-state index contributed by atoms with van der Waals surface area (Å²) in [6.07, 6.45) is 4.76. The van der Waals surface area contributed by atoms with Gasteiger partial charge in [0.2, 0.25) is 0 Å². The molecule has 0 aliphatic rings. The second-order valence-electron chi connectivity index (χ2n) is 4.28. The number of amides is 1. The summed E-state index contributed by atoms with van der Waals surface area (Å²) >= 11 is 0. The van der Waals surface area contributed by atoms with Crippen molar-refractivity contribution in [2.45, 2.75) is 26.4 Å². The lowest BCUT2D eigenvalue weighted by atomic mass is 10.2. The number of carbonyl (C=O) groups is 1. The molecule has 84 valence electrons. The first kappa shape index (κ1) is 12.1. The Morgan fingerprint density at radius 2 is 1.88 bits per heavy atom. The van der Waals surface area contributed by atoms with E-state index in [0.717, 1.165) is 4.90 Å². The predicted molar refractivity (Wildman–Crippen MR) is 64.0 cm³/mol. The van der Waals surface area contributed by atoms with E-state index < -0.39 is 11.7 Å². The maximum absolute atomic E-state index is 11.8. The number of para-hydroxylation sites is 1. The molecule has 1 amide bonds. The van der Waals surface area contributed by atoms with Crippen molar-refractivity contribution in [1.29, 1.82) is 0 Å². The third-order valence-electron chi connectivity index (χ3n) is 1.72. The molecule has 0 unspecified atom stereocenters. The summed E-state index contributed by atoms with van der Waals surface area (Å²) < 4.78 is 5.19. The van der Waals surface area contributed by atoms with Crippen molar-refractivity contribution in [1.82, 2.24) is 0 Å². The third kappa shape index (κ3) is 3.32. The summed E-state index contributed by atoms with van der Waals surface area (Å²) in [5.41, 5.74) is 0.0697. The Morgan fingerprint density at radius 1 is 1.31 bits per heavy atom. The maximum atomic E-state index is 11.8. The molecule has 0 heterocycles. The summed E-state index contributed by atoms with van der Waals surface area (Å²) in [5, 5.41) is 0. The van der Waals surface area contributed by atoms with E-state index >= 15 is 0 Å². The largest absolute Gasteiger partial charge is 0.443 e. The van der Waals surface area contributed by atoms with Crippen LogP contribution in [0.1, 0.15) is 20.8 Å². The second-order valence-corrected chi connectivity index (χ2v) is 4.28. The molecule has 0 N–H and O–H groups in total. The Labute approximate surface area is 96.0 Å². The number of nitrogens with zero attached hydrogens (tertiary/aromatic N) is 1. The highest BCUT2D eigenvalue weighted by Crippen LogP contribution is 2.16.